The molecular formula is C24H22FN9O2. The summed E-state index contributed by atoms with van der Waals surface area (Å²) >= 11 is 0. The van der Waals surface area contributed by atoms with Crippen LogP contribution in [-0.2, 0) is 4.74 Å². The van der Waals surface area contributed by atoms with E-state index >= 15 is 0 Å². The van der Waals surface area contributed by atoms with Gasteiger partial charge in [-0.1, -0.05) is 12.1 Å². The van der Waals surface area contributed by atoms with E-state index in [1.54, 1.807) is 29.4 Å². The standard InChI is InChI=1S/C24H22FN9O2/c25-19-14-28-24(31-22(19)34-9-11-36-12-10-34)33-32-23(35)21-6-5-18(13-27-21)30-17-3-1-16(2-4-17)20-7-8-26-15-29-20/h1-8,13-15,30H,9-12H2,(H,32,35)(H,28,31,33). The van der Waals surface area contributed by atoms with Gasteiger partial charge >= 0.3 is 0 Å². The molecule has 1 aliphatic heterocycles. The van der Waals surface area contributed by atoms with Crippen LogP contribution in [0.3, 0.4) is 0 Å². The van der Waals surface area contributed by atoms with Gasteiger partial charge in [0.1, 0.15) is 12.0 Å². The number of morpholine rings is 1. The molecule has 0 bridgehead atoms. The second-order valence-electron chi connectivity index (χ2n) is 7.77. The van der Waals surface area contributed by atoms with E-state index in [4.69, 9.17) is 4.74 Å². The Labute approximate surface area is 205 Å². The average Bonchev–Trinajstić information content (AvgIpc) is 2.94. The van der Waals surface area contributed by atoms with Gasteiger partial charge in [0.2, 0.25) is 5.95 Å². The van der Waals surface area contributed by atoms with E-state index in [2.05, 4.69) is 41.1 Å². The summed E-state index contributed by atoms with van der Waals surface area (Å²) in [5.74, 6) is -0.808. The molecule has 1 aromatic carbocycles. The third-order valence-electron chi connectivity index (χ3n) is 5.37. The summed E-state index contributed by atoms with van der Waals surface area (Å²) in [6, 6.07) is 12.9. The zero-order chi connectivity index (χ0) is 24.7. The molecule has 0 spiro atoms. The number of amides is 1. The van der Waals surface area contributed by atoms with Gasteiger partial charge in [-0.25, -0.2) is 24.3 Å². The largest absolute Gasteiger partial charge is 0.378 e. The van der Waals surface area contributed by atoms with Crippen molar-refractivity contribution in [2.75, 3.05) is 41.9 Å². The first-order valence-electron chi connectivity index (χ1n) is 11.2. The maximum atomic E-state index is 14.2. The number of halogens is 1. The molecule has 4 aromatic rings. The second-order valence-corrected chi connectivity index (χ2v) is 7.77. The molecule has 1 aliphatic rings. The summed E-state index contributed by atoms with van der Waals surface area (Å²) in [5, 5.41) is 3.24. The maximum Gasteiger partial charge on any atom is 0.288 e. The van der Waals surface area contributed by atoms with Crippen LogP contribution in [0.5, 0.6) is 0 Å². The molecule has 0 unspecified atom stereocenters. The number of hydrazine groups is 1. The monoisotopic (exact) mass is 487 g/mol. The fourth-order valence-corrected chi connectivity index (χ4v) is 3.55. The Balaban J connectivity index is 1.17. The van der Waals surface area contributed by atoms with Gasteiger partial charge in [-0.2, -0.15) is 4.98 Å². The number of hydrogen-bond acceptors (Lipinski definition) is 10. The zero-order valence-electron chi connectivity index (χ0n) is 19.1. The molecule has 5 rings (SSSR count). The van der Waals surface area contributed by atoms with Crippen LogP contribution in [0.15, 0.2) is 67.4 Å². The lowest BCUT2D eigenvalue weighted by atomic mass is 10.1. The molecule has 182 valence electrons. The van der Waals surface area contributed by atoms with Crippen molar-refractivity contribution >= 4 is 29.0 Å². The Hall–Kier alpha value is -4.71. The molecule has 0 atom stereocenters. The van der Waals surface area contributed by atoms with Crippen molar-refractivity contribution in [2.45, 2.75) is 0 Å². The number of carbonyl (C=O) groups excluding carboxylic acids is 1. The zero-order valence-corrected chi connectivity index (χ0v) is 19.1. The predicted molar refractivity (Wildman–Crippen MR) is 131 cm³/mol. The SMILES string of the molecule is O=C(NNc1ncc(F)c(N2CCOCC2)n1)c1ccc(Nc2ccc(-c3ccncn3)cc2)cn1. The van der Waals surface area contributed by atoms with Gasteiger partial charge < -0.3 is 15.0 Å². The fraction of sp³-hybridized carbons (Fsp3) is 0.167. The van der Waals surface area contributed by atoms with Gasteiger partial charge in [-0.05, 0) is 30.3 Å². The number of aromatic nitrogens is 5. The fourth-order valence-electron chi connectivity index (χ4n) is 3.55. The topological polar surface area (TPSA) is 130 Å². The third-order valence-corrected chi connectivity index (χ3v) is 5.37. The number of anilines is 4. The maximum absolute atomic E-state index is 14.2. The van der Waals surface area contributed by atoms with Crippen LogP contribution in [0.2, 0.25) is 0 Å². The van der Waals surface area contributed by atoms with Crippen molar-refractivity contribution in [1.29, 1.82) is 0 Å². The van der Waals surface area contributed by atoms with Crippen molar-refractivity contribution in [1.82, 2.24) is 30.3 Å². The predicted octanol–water partition coefficient (Wildman–Crippen LogP) is 2.80. The number of nitrogens with zero attached hydrogens (tertiary/aromatic N) is 6. The van der Waals surface area contributed by atoms with Crippen molar-refractivity contribution < 1.29 is 13.9 Å². The van der Waals surface area contributed by atoms with E-state index in [0.29, 0.717) is 32.0 Å². The van der Waals surface area contributed by atoms with E-state index < -0.39 is 11.7 Å². The minimum Gasteiger partial charge on any atom is -0.378 e. The molecule has 36 heavy (non-hydrogen) atoms. The lowest BCUT2D eigenvalue weighted by Gasteiger charge is -2.28. The minimum absolute atomic E-state index is 0.0648. The Morgan fingerprint density at radius 2 is 1.75 bits per heavy atom. The van der Waals surface area contributed by atoms with Gasteiger partial charge in [0, 0.05) is 30.5 Å². The van der Waals surface area contributed by atoms with E-state index in [1.807, 2.05) is 30.3 Å². The first-order chi connectivity index (χ1) is 17.7. The highest BCUT2D eigenvalue weighted by Crippen LogP contribution is 2.22. The van der Waals surface area contributed by atoms with Crippen LogP contribution >= 0.6 is 0 Å². The number of nitrogens with one attached hydrogen (secondary N) is 3. The van der Waals surface area contributed by atoms with Crippen LogP contribution in [0.25, 0.3) is 11.3 Å². The number of ether oxygens (including phenoxy) is 1. The van der Waals surface area contributed by atoms with E-state index in [0.717, 1.165) is 23.1 Å². The van der Waals surface area contributed by atoms with Crippen LogP contribution in [0.4, 0.5) is 27.5 Å². The van der Waals surface area contributed by atoms with Crippen LogP contribution < -0.4 is 21.1 Å². The molecule has 12 heteroatoms. The van der Waals surface area contributed by atoms with Crippen molar-refractivity contribution in [3.63, 3.8) is 0 Å². The highest BCUT2D eigenvalue weighted by molar-refractivity contribution is 5.93. The number of carbonyl (C=O) groups is 1. The summed E-state index contributed by atoms with van der Waals surface area (Å²) in [6.07, 6.45) is 5.82. The Morgan fingerprint density at radius 1 is 0.944 bits per heavy atom. The molecule has 1 fully saturated rings. The van der Waals surface area contributed by atoms with Gasteiger partial charge in [0.15, 0.2) is 11.6 Å². The normalized spacial score (nSPS) is 13.2. The highest BCUT2D eigenvalue weighted by atomic mass is 19.1. The van der Waals surface area contributed by atoms with E-state index in [-0.39, 0.29) is 17.5 Å². The molecule has 4 heterocycles. The van der Waals surface area contributed by atoms with Gasteiger partial charge in [-0.15, -0.1) is 0 Å². The highest BCUT2D eigenvalue weighted by Gasteiger charge is 2.18. The van der Waals surface area contributed by atoms with Gasteiger partial charge in [0.05, 0.1) is 37.0 Å². The summed E-state index contributed by atoms with van der Waals surface area (Å²) in [5.41, 5.74) is 8.66. The Bertz CT molecular complexity index is 1320. The summed E-state index contributed by atoms with van der Waals surface area (Å²) in [7, 11) is 0. The first-order valence-corrected chi connectivity index (χ1v) is 11.2. The van der Waals surface area contributed by atoms with Crippen LogP contribution in [0.1, 0.15) is 10.5 Å². The molecular weight excluding hydrogens is 465 g/mol. The van der Waals surface area contributed by atoms with E-state index in [1.165, 1.54) is 6.33 Å². The lowest BCUT2D eigenvalue weighted by molar-refractivity contribution is 0.0957. The molecule has 11 nitrogen and oxygen atoms in total. The van der Waals surface area contributed by atoms with Crippen LogP contribution in [-0.4, -0.2) is 57.1 Å². The van der Waals surface area contributed by atoms with E-state index in [9.17, 15) is 9.18 Å². The van der Waals surface area contributed by atoms with Gasteiger partial charge in [-0.3, -0.25) is 15.6 Å². The quantitative estimate of drug-likeness (QED) is 0.335. The van der Waals surface area contributed by atoms with Crippen molar-refractivity contribution in [3.8, 4) is 11.3 Å². The third kappa shape index (κ3) is 5.50. The molecule has 1 amide bonds. The number of pyridine rings is 1. The van der Waals surface area contributed by atoms with Gasteiger partial charge in [0.25, 0.3) is 5.91 Å². The van der Waals surface area contributed by atoms with Crippen molar-refractivity contribution in [3.05, 3.63) is 78.9 Å². The average molecular weight is 487 g/mol. The molecule has 3 aromatic heterocycles. The van der Waals surface area contributed by atoms with Crippen LogP contribution in [0, 0.1) is 5.82 Å². The van der Waals surface area contributed by atoms with Crippen molar-refractivity contribution in [2.24, 2.45) is 0 Å². The molecule has 0 saturated carbocycles. The Morgan fingerprint density at radius 3 is 2.47 bits per heavy atom. The second kappa shape index (κ2) is 10.7. The summed E-state index contributed by atoms with van der Waals surface area (Å²) < 4.78 is 19.5. The number of hydrogen-bond donors (Lipinski definition) is 3. The first kappa shape index (κ1) is 23.1. The lowest BCUT2D eigenvalue weighted by Crippen LogP contribution is -2.38. The smallest absolute Gasteiger partial charge is 0.288 e. The molecule has 0 radical (unpaired) electrons. The summed E-state index contributed by atoms with van der Waals surface area (Å²) in [6.45, 7) is 2.04. The minimum atomic E-state index is -0.540. The summed E-state index contributed by atoms with van der Waals surface area (Å²) in [4.78, 5) is 34.7. The number of rotatable bonds is 7. The number of benzene rings is 1. The Kier molecular flexibility index (Phi) is 6.85. The molecule has 0 aliphatic carbocycles. The molecule has 1 saturated heterocycles. The molecule has 3 N–H and O–H groups in total.